The standard InChI is InChI=1S/C17H21N5O2/c1-24-12-14-10-22(16-9-19-6-7-20-16)11-15(14)17(23)21-8-13-2-4-18-5-3-13/h2-7,9,14-15H,8,10-12H2,1H3,(H,21,23)/t14-,15+/m0/s1. The molecule has 0 aliphatic carbocycles. The van der Waals surface area contributed by atoms with E-state index >= 15 is 0 Å². The fourth-order valence-corrected chi connectivity index (χ4v) is 3.01. The van der Waals surface area contributed by atoms with Crippen LogP contribution in [0.15, 0.2) is 43.1 Å². The lowest BCUT2D eigenvalue weighted by molar-refractivity contribution is -0.126. The molecule has 126 valence electrons. The van der Waals surface area contributed by atoms with Crippen molar-refractivity contribution in [1.82, 2.24) is 20.3 Å². The number of aromatic nitrogens is 3. The molecule has 1 aliphatic heterocycles. The summed E-state index contributed by atoms with van der Waals surface area (Å²) in [7, 11) is 1.66. The number of nitrogens with one attached hydrogen (secondary N) is 1. The predicted molar refractivity (Wildman–Crippen MR) is 89.2 cm³/mol. The number of amides is 1. The third kappa shape index (κ3) is 3.86. The minimum Gasteiger partial charge on any atom is -0.384 e. The lowest BCUT2D eigenvalue weighted by atomic mass is 9.96. The average Bonchev–Trinajstić information content (AvgIpc) is 3.06. The number of ether oxygens (including phenoxy) is 1. The highest BCUT2D eigenvalue weighted by molar-refractivity contribution is 5.80. The van der Waals surface area contributed by atoms with Crippen molar-refractivity contribution in [2.24, 2.45) is 11.8 Å². The van der Waals surface area contributed by atoms with Gasteiger partial charge in [0.1, 0.15) is 5.82 Å². The Hall–Kier alpha value is -2.54. The molecule has 0 spiro atoms. The number of carbonyl (C=O) groups is 1. The van der Waals surface area contributed by atoms with Crippen LogP contribution < -0.4 is 10.2 Å². The molecule has 0 aromatic carbocycles. The number of pyridine rings is 1. The van der Waals surface area contributed by atoms with Gasteiger partial charge in [-0.15, -0.1) is 0 Å². The molecule has 2 aromatic rings. The maximum Gasteiger partial charge on any atom is 0.225 e. The Labute approximate surface area is 141 Å². The molecular formula is C17H21N5O2. The number of hydrogen-bond acceptors (Lipinski definition) is 6. The Kier molecular flexibility index (Phi) is 5.32. The highest BCUT2D eigenvalue weighted by Gasteiger charge is 2.38. The van der Waals surface area contributed by atoms with E-state index < -0.39 is 0 Å². The Morgan fingerprint density at radius 3 is 2.79 bits per heavy atom. The molecule has 1 fully saturated rings. The van der Waals surface area contributed by atoms with Crippen LogP contribution in [0.1, 0.15) is 5.56 Å². The molecule has 7 nitrogen and oxygen atoms in total. The van der Waals surface area contributed by atoms with Gasteiger partial charge in [0.15, 0.2) is 0 Å². The first-order chi connectivity index (χ1) is 11.8. The van der Waals surface area contributed by atoms with Crippen LogP contribution in [0.3, 0.4) is 0 Å². The van der Waals surface area contributed by atoms with Crippen molar-refractivity contribution in [3.8, 4) is 0 Å². The van der Waals surface area contributed by atoms with E-state index in [1.807, 2.05) is 12.1 Å². The van der Waals surface area contributed by atoms with E-state index in [1.165, 1.54) is 0 Å². The number of rotatable bonds is 6. The van der Waals surface area contributed by atoms with E-state index in [1.54, 1.807) is 38.1 Å². The first-order valence-corrected chi connectivity index (χ1v) is 7.94. The molecule has 3 rings (SSSR count). The Morgan fingerprint density at radius 1 is 1.25 bits per heavy atom. The van der Waals surface area contributed by atoms with Crippen molar-refractivity contribution in [3.05, 3.63) is 48.7 Å². The fourth-order valence-electron chi connectivity index (χ4n) is 3.01. The molecule has 3 heterocycles. The molecule has 7 heteroatoms. The van der Waals surface area contributed by atoms with Gasteiger partial charge in [0.05, 0.1) is 18.7 Å². The second-order valence-corrected chi connectivity index (χ2v) is 5.86. The minimum atomic E-state index is -0.131. The third-order valence-corrected chi connectivity index (χ3v) is 4.25. The maximum absolute atomic E-state index is 12.6. The van der Waals surface area contributed by atoms with Gasteiger partial charge in [-0.2, -0.15) is 0 Å². The molecule has 1 amide bonds. The zero-order chi connectivity index (χ0) is 16.8. The van der Waals surface area contributed by atoms with E-state index in [9.17, 15) is 4.79 Å². The van der Waals surface area contributed by atoms with E-state index in [-0.39, 0.29) is 17.7 Å². The quantitative estimate of drug-likeness (QED) is 0.849. The summed E-state index contributed by atoms with van der Waals surface area (Å²) in [6, 6.07) is 3.79. The van der Waals surface area contributed by atoms with Gasteiger partial charge in [-0.05, 0) is 17.7 Å². The summed E-state index contributed by atoms with van der Waals surface area (Å²) in [6.07, 6.45) is 8.48. The second kappa shape index (κ2) is 7.83. The summed E-state index contributed by atoms with van der Waals surface area (Å²) >= 11 is 0. The van der Waals surface area contributed by atoms with E-state index in [0.29, 0.717) is 19.7 Å². The molecule has 1 N–H and O–H groups in total. The number of hydrogen-bond donors (Lipinski definition) is 1. The van der Waals surface area contributed by atoms with Crippen LogP contribution >= 0.6 is 0 Å². The monoisotopic (exact) mass is 327 g/mol. The van der Waals surface area contributed by atoms with Gasteiger partial charge in [-0.25, -0.2) is 4.98 Å². The summed E-state index contributed by atoms with van der Waals surface area (Å²) in [4.78, 5) is 27.1. The third-order valence-electron chi connectivity index (χ3n) is 4.25. The van der Waals surface area contributed by atoms with Crippen molar-refractivity contribution in [3.63, 3.8) is 0 Å². The summed E-state index contributed by atoms with van der Waals surface area (Å²) in [5, 5.41) is 3.02. The van der Waals surface area contributed by atoms with Gasteiger partial charge in [0.25, 0.3) is 0 Å². The summed E-state index contributed by atoms with van der Waals surface area (Å²) in [5.41, 5.74) is 1.03. The average molecular weight is 327 g/mol. The second-order valence-electron chi connectivity index (χ2n) is 5.86. The summed E-state index contributed by atoms with van der Waals surface area (Å²) < 4.78 is 5.30. The molecule has 1 aliphatic rings. The van der Waals surface area contributed by atoms with Crippen molar-refractivity contribution < 1.29 is 9.53 Å². The lowest BCUT2D eigenvalue weighted by Gasteiger charge is -2.17. The van der Waals surface area contributed by atoms with Crippen LogP contribution in [0.25, 0.3) is 0 Å². The van der Waals surface area contributed by atoms with Gasteiger partial charge < -0.3 is 15.0 Å². The number of carbonyl (C=O) groups excluding carboxylic acids is 1. The van der Waals surface area contributed by atoms with E-state index in [2.05, 4.69) is 25.2 Å². The van der Waals surface area contributed by atoms with Crippen LogP contribution in [0.4, 0.5) is 5.82 Å². The van der Waals surface area contributed by atoms with Crippen molar-refractivity contribution in [2.45, 2.75) is 6.54 Å². The SMILES string of the molecule is COC[C@@H]1CN(c2cnccn2)C[C@H]1C(=O)NCc1ccncc1. The lowest BCUT2D eigenvalue weighted by Crippen LogP contribution is -2.36. The van der Waals surface area contributed by atoms with Crippen molar-refractivity contribution >= 4 is 11.7 Å². The molecule has 24 heavy (non-hydrogen) atoms. The van der Waals surface area contributed by atoms with Crippen LogP contribution in [-0.2, 0) is 16.1 Å². The molecule has 0 radical (unpaired) electrons. The normalized spacial score (nSPS) is 20.1. The molecule has 2 aromatic heterocycles. The van der Waals surface area contributed by atoms with Crippen molar-refractivity contribution in [1.29, 1.82) is 0 Å². The molecular weight excluding hydrogens is 306 g/mol. The minimum absolute atomic E-state index is 0.0419. The number of methoxy groups -OCH3 is 1. The first-order valence-electron chi connectivity index (χ1n) is 7.94. The summed E-state index contributed by atoms with van der Waals surface area (Å²) in [5.74, 6) is 0.839. The molecule has 2 atom stereocenters. The first kappa shape index (κ1) is 16.3. The van der Waals surface area contributed by atoms with E-state index in [4.69, 9.17) is 4.74 Å². The van der Waals surface area contributed by atoms with Gasteiger partial charge in [-0.1, -0.05) is 0 Å². The topological polar surface area (TPSA) is 80.2 Å². The van der Waals surface area contributed by atoms with Crippen LogP contribution in [-0.4, -0.2) is 47.7 Å². The molecule has 0 bridgehead atoms. The Balaban J connectivity index is 1.64. The number of nitrogens with zero attached hydrogens (tertiary/aromatic N) is 4. The molecule has 1 saturated heterocycles. The van der Waals surface area contributed by atoms with Gasteiger partial charge in [0, 0.05) is 57.4 Å². The van der Waals surface area contributed by atoms with Crippen molar-refractivity contribution in [2.75, 3.05) is 31.7 Å². The van der Waals surface area contributed by atoms with Gasteiger partial charge in [-0.3, -0.25) is 14.8 Å². The predicted octanol–water partition coefficient (Wildman–Crippen LogP) is 0.887. The van der Waals surface area contributed by atoms with Gasteiger partial charge in [0.2, 0.25) is 5.91 Å². The largest absolute Gasteiger partial charge is 0.384 e. The van der Waals surface area contributed by atoms with Gasteiger partial charge >= 0.3 is 0 Å². The smallest absolute Gasteiger partial charge is 0.225 e. The molecule has 0 saturated carbocycles. The zero-order valence-corrected chi connectivity index (χ0v) is 13.6. The zero-order valence-electron chi connectivity index (χ0n) is 13.6. The highest BCUT2D eigenvalue weighted by Crippen LogP contribution is 2.27. The maximum atomic E-state index is 12.6. The van der Waals surface area contributed by atoms with Crippen LogP contribution in [0, 0.1) is 11.8 Å². The van der Waals surface area contributed by atoms with Crippen LogP contribution in [0.5, 0.6) is 0 Å². The number of anilines is 1. The van der Waals surface area contributed by atoms with Crippen LogP contribution in [0.2, 0.25) is 0 Å². The fraction of sp³-hybridized carbons (Fsp3) is 0.412. The Bertz CT molecular complexity index is 653. The van der Waals surface area contributed by atoms with E-state index in [0.717, 1.165) is 17.9 Å². The summed E-state index contributed by atoms with van der Waals surface area (Å²) in [6.45, 7) is 2.40. The molecule has 0 unspecified atom stereocenters. The Morgan fingerprint density at radius 2 is 2.08 bits per heavy atom. The highest BCUT2D eigenvalue weighted by atomic mass is 16.5.